The van der Waals surface area contributed by atoms with Gasteiger partial charge in [0.05, 0.1) is 0 Å². The summed E-state index contributed by atoms with van der Waals surface area (Å²) in [5.74, 6) is -0.926. The molecule has 94 heavy (non-hydrogen) atoms. The monoisotopic (exact) mass is 1590 g/mol. The second kappa shape index (κ2) is 38.9. The van der Waals surface area contributed by atoms with Gasteiger partial charge in [-0.3, -0.25) is 5.09 Å². The zero-order valence-corrected chi connectivity index (χ0v) is 63.8. The molecule has 10 aromatic carbocycles. The van der Waals surface area contributed by atoms with Gasteiger partial charge in [-0.1, -0.05) is 295 Å². The molecule has 1 unspecified atom stereocenters. The average molecular weight is 1590 g/mol. The number of hydrogen-bond donors (Lipinski definition) is 1. The van der Waals surface area contributed by atoms with Crippen molar-refractivity contribution in [2.45, 2.75) is 123 Å². The second-order valence-corrected chi connectivity index (χ2v) is 46.2. The van der Waals surface area contributed by atoms with Crippen LogP contribution in [0.15, 0.2) is 255 Å². The van der Waals surface area contributed by atoms with Gasteiger partial charge in [0.2, 0.25) is 0 Å². The summed E-state index contributed by atoms with van der Waals surface area (Å²) < 4.78 is 58.4. The van der Waals surface area contributed by atoms with Crippen molar-refractivity contribution >= 4 is 118 Å². The molecule has 13 heteroatoms. The lowest BCUT2D eigenvalue weighted by Crippen LogP contribution is -2.17. The van der Waals surface area contributed by atoms with E-state index in [0.717, 1.165) is 49.0 Å². The topological polar surface area (TPSA) is 12.0 Å². The summed E-state index contributed by atoms with van der Waals surface area (Å²) >= 11 is 4.65. The molecule has 0 aromatic heterocycles. The van der Waals surface area contributed by atoms with Gasteiger partial charge in [0.15, 0.2) is 0 Å². The van der Waals surface area contributed by atoms with Crippen molar-refractivity contribution in [2.75, 3.05) is 12.7 Å². The molecule has 0 bridgehead atoms. The Balaban J connectivity index is 0.000000175. The fourth-order valence-corrected chi connectivity index (χ4v) is 42.0. The molecule has 2 saturated heterocycles. The first-order valence-electron chi connectivity index (χ1n) is 32.4. The molecule has 2 heterocycles. The fourth-order valence-electron chi connectivity index (χ4n) is 11.8. The van der Waals surface area contributed by atoms with Crippen LogP contribution < -0.4 is 36.9 Å². The summed E-state index contributed by atoms with van der Waals surface area (Å²) in [6.07, 6.45) is 10.7. The normalized spacial score (nSPS) is 16.5. The predicted octanol–water partition coefficient (Wildman–Crippen LogP) is 25.4. The quantitative estimate of drug-likeness (QED) is 0.0368. The average Bonchev–Trinajstić information content (AvgIpc) is 1.51. The molecule has 0 spiro atoms. The minimum absolute atomic E-state index is 0. The van der Waals surface area contributed by atoms with Gasteiger partial charge in [0, 0.05) is 55.0 Å². The molecular formula is C81H89F4I2NP6. The highest BCUT2D eigenvalue weighted by molar-refractivity contribution is 14.2. The Bertz CT molecular complexity index is 3610. The van der Waals surface area contributed by atoms with Gasteiger partial charge in [-0.15, -0.1) is 0 Å². The molecule has 0 aliphatic carbocycles. The van der Waals surface area contributed by atoms with Gasteiger partial charge in [-0.05, 0) is 203 Å². The van der Waals surface area contributed by atoms with E-state index in [9.17, 15) is 8.78 Å². The SMILES string of the molecule is C.CCCCNP1[C@H](c2ccc(C)cc2)CC[C@H]1c1ccc(C)cc1.CCCCP(P(c1ccccc1F)c1ccccc1F)P1[C@H](c2ccc(C)cc2)CC[C@H]1c1ccc(C)cc1.Fc1ccccc1P(I)c1ccccc1F.IP(c1ccccc1)c1ccccc1. The first-order chi connectivity index (χ1) is 45.2. The molecule has 12 rings (SSSR count). The number of unbranched alkanes of at least 4 members (excludes halogenated alkanes) is 2. The molecule has 2 aliphatic rings. The molecule has 10 aromatic rings. The minimum atomic E-state index is -1.18. The van der Waals surface area contributed by atoms with Crippen LogP contribution in [0.25, 0.3) is 0 Å². The Morgan fingerprint density at radius 2 is 0.670 bits per heavy atom. The van der Waals surface area contributed by atoms with Crippen LogP contribution in [0.5, 0.6) is 0 Å². The van der Waals surface area contributed by atoms with Crippen LogP contribution >= 0.6 is 85.8 Å². The molecule has 490 valence electrons. The van der Waals surface area contributed by atoms with E-state index in [1.807, 2.05) is 24.3 Å². The van der Waals surface area contributed by atoms with Gasteiger partial charge >= 0.3 is 0 Å². The van der Waals surface area contributed by atoms with E-state index in [0.29, 0.717) is 33.2 Å². The highest BCUT2D eigenvalue weighted by atomic mass is 127. The van der Waals surface area contributed by atoms with Gasteiger partial charge in [0.25, 0.3) is 0 Å². The number of hydrogen-bond acceptors (Lipinski definition) is 1. The lowest BCUT2D eigenvalue weighted by atomic mass is 10.0. The van der Waals surface area contributed by atoms with Gasteiger partial charge in [-0.2, -0.15) is 0 Å². The van der Waals surface area contributed by atoms with E-state index in [4.69, 9.17) is 0 Å². The third-order valence-corrected chi connectivity index (χ3v) is 45.8. The Labute approximate surface area is 593 Å². The van der Waals surface area contributed by atoms with Crippen molar-refractivity contribution in [3.8, 4) is 0 Å². The number of rotatable bonds is 19. The maximum Gasteiger partial charge on any atom is 0.131 e. The van der Waals surface area contributed by atoms with Crippen molar-refractivity contribution in [2.24, 2.45) is 0 Å². The summed E-state index contributed by atoms with van der Waals surface area (Å²) in [6.45, 7) is 14.3. The molecule has 2 fully saturated rings. The zero-order valence-electron chi connectivity index (χ0n) is 54.1. The molecule has 5 atom stereocenters. The first-order valence-corrected chi connectivity index (χ1v) is 47.9. The number of benzene rings is 10. The van der Waals surface area contributed by atoms with E-state index >= 15 is 8.78 Å². The van der Waals surface area contributed by atoms with Gasteiger partial charge < -0.3 is 0 Å². The van der Waals surface area contributed by atoms with Crippen molar-refractivity contribution in [3.05, 3.63) is 323 Å². The van der Waals surface area contributed by atoms with Crippen LogP contribution in [0.4, 0.5) is 17.6 Å². The fraction of sp³-hybridized carbons (Fsp3) is 0.259. The molecule has 1 nitrogen and oxygen atoms in total. The Kier molecular flexibility index (Phi) is 31.3. The highest BCUT2D eigenvalue weighted by Crippen LogP contribution is 2.96. The van der Waals surface area contributed by atoms with Crippen LogP contribution in [-0.4, -0.2) is 12.7 Å². The van der Waals surface area contributed by atoms with Crippen LogP contribution in [-0.2, 0) is 0 Å². The summed E-state index contributed by atoms with van der Waals surface area (Å²) in [5, 5.41) is 9.41. The lowest BCUT2D eigenvalue weighted by Gasteiger charge is -2.40. The third kappa shape index (κ3) is 20.7. The summed E-state index contributed by atoms with van der Waals surface area (Å²) in [5.41, 5.74) is 12.2. The highest BCUT2D eigenvalue weighted by Gasteiger charge is 2.46. The minimum Gasteiger partial charge on any atom is -0.295 e. The van der Waals surface area contributed by atoms with Crippen LogP contribution in [0.2, 0.25) is 0 Å². The molecular weight excluding hydrogens is 1500 g/mol. The van der Waals surface area contributed by atoms with Crippen molar-refractivity contribution < 1.29 is 17.6 Å². The van der Waals surface area contributed by atoms with Crippen LogP contribution in [0.1, 0.15) is 140 Å². The van der Waals surface area contributed by atoms with Crippen molar-refractivity contribution in [1.82, 2.24) is 5.09 Å². The smallest absolute Gasteiger partial charge is 0.131 e. The van der Waals surface area contributed by atoms with Crippen molar-refractivity contribution in [3.63, 3.8) is 0 Å². The summed E-state index contributed by atoms with van der Waals surface area (Å²) in [7, 11) is -2.66. The number of aryl methyl sites for hydroxylation is 4. The Morgan fingerprint density at radius 1 is 0.372 bits per heavy atom. The number of nitrogens with one attached hydrogen (secondary N) is 1. The van der Waals surface area contributed by atoms with Crippen LogP contribution in [0.3, 0.4) is 0 Å². The lowest BCUT2D eigenvalue weighted by molar-refractivity contribution is 0.634. The number of halogens is 6. The Morgan fingerprint density at radius 3 is 1.00 bits per heavy atom. The van der Waals surface area contributed by atoms with Gasteiger partial charge in [0.1, 0.15) is 23.3 Å². The summed E-state index contributed by atoms with van der Waals surface area (Å²) in [6, 6.07) is 85.4. The largest absolute Gasteiger partial charge is 0.295 e. The maximum atomic E-state index is 15.7. The standard InChI is InChI=1S/C34H37F2P3.C22H30NP.C12H8F2IP.C12H10IP.CH4/c1-4-5-24-37(39(33-12-8-6-10-29(33)35)34-13-9-7-11-30(34)36)38-31(27-18-14-25(2)15-19-27)22-23-32(38)28-20-16-26(3)17-21-28;1-4-5-16-23-24-21(19-10-6-17(2)7-11-19)14-15-22(24)20-12-8-18(3)9-13-20;13-9-5-1-3-7-11(9)16(15)12-8-4-2-6-10(12)14;13-14(11-7-3-1-4-8-11)12-9-5-2-6-10-12;/h6-21,31-32H,4-5,22-24H2,1-3H3;6-13,21-23H,4-5,14-16H2,1-3H3;1-8H;1-10H;1H4/t31-,32-,37?;21-,22-;;;/m00.../s1. The van der Waals surface area contributed by atoms with E-state index in [2.05, 4.69) is 248 Å². The molecule has 0 amide bonds. The summed E-state index contributed by atoms with van der Waals surface area (Å²) in [4.78, 5) is 0. The zero-order chi connectivity index (χ0) is 65.6. The molecule has 1 N–H and O–H groups in total. The van der Waals surface area contributed by atoms with Crippen molar-refractivity contribution in [1.29, 1.82) is 0 Å². The van der Waals surface area contributed by atoms with E-state index in [1.165, 1.54) is 92.9 Å². The maximum absolute atomic E-state index is 15.7. The van der Waals surface area contributed by atoms with E-state index in [-0.39, 0.29) is 44.3 Å². The first kappa shape index (κ1) is 75.7. The Hall–Kier alpha value is -4.08. The second-order valence-electron chi connectivity index (χ2n) is 23.7. The third-order valence-electron chi connectivity index (χ3n) is 16.9. The predicted molar refractivity (Wildman–Crippen MR) is 429 cm³/mol. The van der Waals surface area contributed by atoms with Gasteiger partial charge in [-0.25, -0.2) is 17.6 Å². The van der Waals surface area contributed by atoms with E-state index in [1.54, 1.807) is 60.7 Å². The van der Waals surface area contributed by atoms with E-state index < -0.39 is 28.1 Å². The molecule has 2 aliphatic heterocycles. The molecule has 0 radical (unpaired) electrons. The molecule has 0 saturated carbocycles. The van der Waals surface area contributed by atoms with Crippen LogP contribution in [0, 0.1) is 51.0 Å².